The Morgan fingerprint density at radius 3 is 1.67 bits per heavy atom. The van der Waals surface area contributed by atoms with Crippen molar-refractivity contribution in [2.75, 3.05) is 0 Å². The van der Waals surface area contributed by atoms with Crippen LogP contribution < -0.4 is 4.65 Å². The molecule has 0 aliphatic heterocycles. The second-order valence-corrected chi connectivity index (χ2v) is 6.21. The first-order valence-electron chi connectivity index (χ1n) is 8.83. The zero-order chi connectivity index (χ0) is 18.5. The van der Waals surface area contributed by atoms with E-state index in [9.17, 15) is 0 Å². The highest BCUT2D eigenvalue weighted by Gasteiger charge is 2.13. The Labute approximate surface area is 160 Å². The molecule has 0 unspecified atom stereocenters. The molecule has 1 N–H and O–H groups in total. The molecular formula is C24H18BO2. The van der Waals surface area contributed by atoms with Gasteiger partial charge in [-0.25, -0.2) is 0 Å². The van der Waals surface area contributed by atoms with Crippen molar-refractivity contribution in [2.24, 2.45) is 0 Å². The van der Waals surface area contributed by atoms with E-state index in [2.05, 4.69) is 60.7 Å². The molecule has 4 rings (SSSR count). The first kappa shape index (κ1) is 17.1. The largest absolute Gasteiger partial charge is 0.569 e. The van der Waals surface area contributed by atoms with E-state index in [1.807, 2.05) is 42.5 Å². The van der Waals surface area contributed by atoms with Gasteiger partial charge in [0.1, 0.15) is 5.75 Å². The Morgan fingerprint density at radius 2 is 1.04 bits per heavy atom. The molecule has 0 aliphatic rings. The topological polar surface area (TPSA) is 29.5 Å². The molecule has 0 heterocycles. The maximum absolute atomic E-state index is 9.01. The summed E-state index contributed by atoms with van der Waals surface area (Å²) >= 11 is 0. The number of hydrogen-bond donors (Lipinski definition) is 1. The third kappa shape index (κ3) is 3.64. The van der Waals surface area contributed by atoms with Crippen LogP contribution in [-0.2, 0) is 0 Å². The normalized spacial score (nSPS) is 10.4. The minimum absolute atomic E-state index is 0.595. The Kier molecular flexibility index (Phi) is 5.04. The molecule has 27 heavy (non-hydrogen) atoms. The molecular weight excluding hydrogens is 331 g/mol. The van der Waals surface area contributed by atoms with Gasteiger partial charge >= 0.3 is 7.69 Å². The van der Waals surface area contributed by atoms with Gasteiger partial charge < -0.3 is 9.68 Å². The molecule has 3 heteroatoms. The van der Waals surface area contributed by atoms with Crippen LogP contribution in [0.1, 0.15) is 0 Å². The number of hydrogen-bond acceptors (Lipinski definition) is 2. The van der Waals surface area contributed by atoms with Crippen molar-refractivity contribution >= 4 is 7.69 Å². The molecule has 0 spiro atoms. The zero-order valence-corrected chi connectivity index (χ0v) is 14.7. The highest BCUT2D eigenvalue weighted by atomic mass is 16.5. The van der Waals surface area contributed by atoms with Crippen LogP contribution in [0.5, 0.6) is 5.75 Å². The summed E-state index contributed by atoms with van der Waals surface area (Å²) in [5.41, 5.74) is 6.78. The van der Waals surface area contributed by atoms with Crippen LogP contribution >= 0.6 is 0 Å². The standard InChI is InChI=1S/C24H18BO2/c26-25-27-20-15-16-23(24(17-20)19-11-5-2-6-12-19)22-14-8-7-13-21(22)18-9-3-1-4-10-18/h1-17,26H. The van der Waals surface area contributed by atoms with Crippen LogP contribution in [0.15, 0.2) is 103 Å². The van der Waals surface area contributed by atoms with E-state index in [1.165, 1.54) is 11.1 Å². The molecule has 0 fully saturated rings. The highest BCUT2D eigenvalue weighted by molar-refractivity contribution is 6.17. The summed E-state index contributed by atoms with van der Waals surface area (Å²) in [4.78, 5) is 0. The number of rotatable bonds is 5. The van der Waals surface area contributed by atoms with Crippen molar-refractivity contribution in [1.82, 2.24) is 0 Å². The first-order chi connectivity index (χ1) is 13.4. The lowest BCUT2D eigenvalue weighted by Crippen LogP contribution is -2.00. The van der Waals surface area contributed by atoms with Crippen molar-refractivity contribution in [2.45, 2.75) is 0 Å². The predicted octanol–water partition coefficient (Wildman–Crippen LogP) is 5.59. The lowest BCUT2D eigenvalue weighted by Gasteiger charge is -2.16. The van der Waals surface area contributed by atoms with Gasteiger partial charge in [-0.1, -0.05) is 91.0 Å². The second kappa shape index (κ2) is 7.94. The molecule has 1 radical (unpaired) electrons. The van der Waals surface area contributed by atoms with E-state index in [0.29, 0.717) is 13.4 Å². The highest BCUT2D eigenvalue weighted by Crippen LogP contribution is 2.39. The van der Waals surface area contributed by atoms with Crippen LogP contribution in [0.4, 0.5) is 0 Å². The lowest BCUT2D eigenvalue weighted by atomic mass is 9.89. The van der Waals surface area contributed by atoms with Gasteiger partial charge in [-0.05, 0) is 45.5 Å². The third-order valence-electron chi connectivity index (χ3n) is 4.57. The van der Waals surface area contributed by atoms with E-state index in [-0.39, 0.29) is 0 Å². The van der Waals surface area contributed by atoms with Gasteiger partial charge in [-0.2, -0.15) is 0 Å². The zero-order valence-electron chi connectivity index (χ0n) is 14.7. The van der Waals surface area contributed by atoms with E-state index in [0.717, 1.165) is 22.3 Å². The lowest BCUT2D eigenvalue weighted by molar-refractivity contribution is 0.454. The molecule has 4 aromatic rings. The van der Waals surface area contributed by atoms with Crippen LogP contribution in [-0.4, -0.2) is 12.7 Å². The molecule has 0 aromatic heterocycles. The predicted molar refractivity (Wildman–Crippen MR) is 111 cm³/mol. The molecule has 0 amide bonds. The Hall–Kier alpha value is -3.30. The summed E-state index contributed by atoms with van der Waals surface area (Å²) in [6.45, 7) is 0. The summed E-state index contributed by atoms with van der Waals surface area (Å²) in [5, 5.41) is 9.01. The summed E-state index contributed by atoms with van der Waals surface area (Å²) in [7, 11) is 0.710. The Balaban J connectivity index is 1.93. The molecule has 0 atom stereocenters. The summed E-state index contributed by atoms with van der Waals surface area (Å²) in [6.07, 6.45) is 0. The summed E-state index contributed by atoms with van der Waals surface area (Å²) < 4.78 is 5.20. The Bertz CT molecular complexity index is 1030. The monoisotopic (exact) mass is 349 g/mol. The van der Waals surface area contributed by atoms with Gasteiger partial charge in [0.05, 0.1) is 0 Å². The van der Waals surface area contributed by atoms with E-state index >= 15 is 0 Å². The fourth-order valence-electron chi connectivity index (χ4n) is 3.34. The fourth-order valence-corrected chi connectivity index (χ4v) is 3.34. The van der Waals surface area contributed by atoms with Crippen LogP contribution in [0.25, 0.3) is 33.4 Å². The SMILES string of the molecule is O[B]Oc1ccc(-c2ccccc2-c2ccccc2)c(-c2ccccc2)c1. The van der Waals surface area contributed by atoms with Gasteiger partial charge in [0.25, 0.3) is 0 Å². The second-order valence-electron chi connectivity index (χ2n) is 6.21. The van der Waals surface area contributed by atoms with Crippen molar-refractivity contribution in [1.29, 1.82) is 0 Å². The van der Waals surface area contributed by atoms with Crippen molar-refractivity contribution in [3.05, 3.63) is 103 Å². The molecule has 0 aliphatic carbocycles. The molecule has 4 aromatic carbocycles. The van der Waals surface area contributed by atoms with Gasteiger partial charge in [-0.15, -0.1) is 0 Å². The Morgan fingerprint density at radius 1 is 0.519 bits per heavy atom. The summed E-state index contributed by atoms with van der Waals surface area (Å²) in [5.74, 6) is 0.595. The minimum atomic E-state index is 0.595. The molecule has 0 saturated carbocycles. The van der Waals surface area contributed by atoms with Crippen LogP contribution in [0.3, 0.4) is 0 Å². The van der Waals surface area contributed by atoms with Crippen molar-refractivity contribution < 1.29 is 9.68 Å². The first-order valence-corrected chi connectivity index (χ1v) is 8.83. The molecule has 129 valence electrons. The van der Waals surface area contributed by atoms with Gasteiger partial charge in [-0.3, -0.25) is 0 Å². The van der Waals surface area contributed by atoms with E-state index < -0.39 is 0 Å². The molecule has 0 saturated heterocycles. The smallest absolute Gasteiger partial charge is 0.537 e. The van der Waals surface area contributed by atoms with Gasteiger partial charge in [0, 0.05) is 0 Å². The summed E-state index contributed by atoms with van der Waals surface area (Å²) in [6, 6.07) is 34.9. The number of benzene rings is 4. The molecule has 0 bridgehead atoms. The average molecular weight is 349 g/mol. The van der Waals surface area contributed by atoms with Crippen molar-refractivity contribution in [3.8, 4) is 39.1 Å². The maximum Gasteiger partial charge on any atom is 0.569 e. The van der Waals surface area contributed by atoms with Crippen LogP contribution in [0, 0.1) is 0 Å². The van der Waals surface area contributed by atoms with Crippen LogP contribution in [0.2, 0.25) is 0 Å². The fraction of sp³-hybridized carbons (Fsp3) is 0. The quantitative estimate of drug-likeness (QED) is 0.476. The maximum atomic E-state index is 9.01. The average Bonchev–Trinajstić information content (AvgIpc) is 2.75. The van der Waals surface area contributed by atoms with E-state index in [1.54, 1.807) is 0 Å². The molecule has 2 nitrogen and oxygen atoms in total. The van der Waals surface area contributed by atoms with Gasteiger partial charge in [0.15, 0.2) is 0 Å². The van der Waals surface area contributed by atoms with E-state index in [4.69, 9.17) is 9.68 Å². The minimum Gasteiger partial charge on any atom is -0.537 e. The van der Waals surface area contributed by atoms with Crippen molar-refractivity contribution in [3.63, 3.8) is 0 Å². The third-order valence-corrected chi connectivity index (χ3v) is 4.57. The van der Waals surface area contributed by atoms with Gasteiger partial charge in [0.2, 0.25) is 0 Å².